The zero-order chi connectivity index (χ0) is 17.1. The highest BCUT2D eigenvalue weighted by Gasteiger charge is 2.32. The van der Waals surface area contributed by atoms with Crippen molar-refractivity contribution < 1.29 is 9.53 Å². The van der Waals surface area contributed by atoms with Gasteiger partial charge in [-0.15, -0.1) is 0 Å². The van der Waals surface area contributed by atoms with Crippen molar-refractivity contribution in [3.63, 3.8) is 0 Å². The third-order valence-electron chi connectivity index (χ3n) is 4.45. The number of aromatic amines is 1. The van der Waals surface area contributed by atoms with Gasteiger partial charge in [0.2, 0.25) is 0 Å². The summed E-state index contributed by atoms with van der Waals surface area (Å²) in [6, 6.07) is 3.99. The topological polar surface area (TPSA) is 76.0 Å². The summed E-state index contributed by atoms with van der Waals surface area (Å²) in [6.45, 7) is 5.29. The number of rotatable bonds is 5. The zero-order valence-corrected chi connectivity index (χ0v) is 14.5. The molecule has 0 radical (unpaired) electrons. The predicted octanol–water partition coefficient (Wildman–Crippen LogP) is 2.70. The number of hydrogen-bond acceptors (Lipinski definition) is 4. The minimum absolute atomic E-state index is 0.0523. The van der Waals surface area contributed by atoms with Gasteiger partial charge < -0.3 is 14.2 Å². The highest BCUT2D eigenvalue weighted by Crippen LogP contribution is 2.30. The van der Waals surface area contributed by atoms with Crippen molar-refractivity contribution in [3.05, 3.63) is 35.7 Å². The standard InChI is InChI=1S/C17H25N5O2/c1-12(2)21-10-6-8-14(21)17(23)22-9-5-4-7-13(22)16-18-15(11-24-3)19-20-16/h6,8,10,12-13H,4-5,7,9,11H2,1-3H3,(H,18,19,20). The first-order valence-corrected chi connectivity index (χ1v) is 8.49. The van der Waals surface area contributed by atoms with E-state index in [2.05, 4.69) is 29.0 Å². The second-order valence-corrected chi connectivity index (χ2v) is 6.48. The van der Waals surface area contributed by atoms with Crippen LogP contribution in [0, 0.1) is 0 Å². The molecule has 1 amide bonds. The first-order valence-electron chi connectivity index (χ1n) is 8.49. The van der Waals surface area contributed by atoms with E-state index in [1.165, 1.54) is 0 Å². The number of amides is 1. The van der Waals surface area contributed by atoms with Crippen molar-refractivity contribution in [1.29, 1.82) is 0 Å². The Labute approximate surface area is 142 Å². The number of likely N-dealkylation sites (tertiary alicyclic amines) is 1. The van der Waals surface area contributed by atoms with Crippen molar-refractivity contribution in [3.8, 4) is 0 Å². The Kier molecular flexibility index (Phi) is 4.99. The number of aromatic nitrogens is 4. The number of carbonyl (C=O) groups is 1. The van der Waals surface area contributed by atoms with Gasteiger partial charge in [0.15, 0.2) is 11.6 Å². The lowest BCUT2D eigenvalue weighted by molar-refractivity contribution is 0.0587. The predicted molar refractivity (Wildman–Crippen MR) is 89.5 cm³/mol. The maximum Gasteiger partial charge on any atom is 0.271 e. The Hall–Kier alpha value is -2.15. The lowest BCUT2D eigenvalue weighted by Crippen LogP contribution is -2.40. The van der Waals surface area contributed by atoms with Gasteiger partial charge in [-0.05, 0) is 45.2 Å². The van der Waals surface area contributed by atoms with E-state index in [1.54, 1.807) is 7.11 Å². The fourth-order valence-electron chi connectivity index (χ4n) is 3.28. The summed E-state index contributed by atoms with van der Waals surface area (Å²) in [4.78, 5) is 19.5. The number of methoxy groups -OCH3 is 1. The minimum Gasteiger partial charge on any atom is -0.377 e. The number of ether oxygens (including phenoxy) is 1. The SMILES string of the molecule is COCc1nc(C2CCCCN2C(=O)c2cccn2C(C)C)n[nH]1. The van der Waals surface area contributed by atoms with E-state index in [9.17, 15) is 4.79 Å². The van der Waals surface area contributed by atoms with E-state index in [0.29, 0.717) is 18.3 Å². The van der Waals surface area contributed by atoms with Gasteiger partial charge in [-0.3, -0.25) is 9.89 Å². The van der Waals surface area contributed by atoms with Crippen LogP contribution >= 0.6 is 0 Å². The van der Waals surface area contributed by atoms with Crippen molar-refractivity contribution in [2.75, 3.05) is 13.7 Å². The molecule has 1 fully saturated rings. The summed E-state index contributed by atoms with van der Waals surface area (Å²) in [5.74, 6) is 1.42. The molecule has 3 rings (SSSR count). The van der Waals surface area contributed by atoms with Crippen LogP contribution in [0.5, 0.6) is 0 Å². The van der Waals surface area contributed by atoms with Gasteiger partial charge in [-0.1, -0.05) is 0 Å². The molecular formula is C17H25N5O2. The Morgan fingerprint density at radius 1 is 1.46 bits per heavy atom. The molecule has 1 aliphatic rings. The van der Waals surface area contributed by atoms with E-state index in [0.717, 1.165) is 31.5 Å². The Balaban J connectivity index is 1.86. The molecule has 1 saturated heterocycles. The summed E-state index contributed by atoms with van der Waals surface area (Å²) < 4.78 is 7.10. The van der Waals surface area contributed by atoms with Gasteiger partial charge in [0, 0.05) is 25.9 Å². The fraction of sp³-hybridized carbons (Fsp3) is 0.588. The maximum atomic E-state index is 13.1. The largest absolute Gasteiger partial charge is 0.377 e. The van der Waals surface area contributed by atoms with Crippen LogP contribution in [0.3, 0.4) is 0 Å². The number of H-pyrrole nitrogens is 1. The fourth-order valence-corrected chi connectivity index (χ4v) is 3.28. The maximum absolute atomic E-state index is 13.1. The number of hydrogen-bond donors (Lipinski definition) is 1. The van der Waals surface area contributed by atoms with E-state index in [4.69, 9.17) is 4.74 Å². The third-order valence-corrected chi connectivity index (χ3v) is 4.45. The highest BCUT2D eigenvalue weighted by molar-refractivity contribution is 5.93. The Morgan fingerprint density at radius 2 is 2.29 bits per heavy atom. The van der Waals surface area contributed by atoms with Crippen LogP contribution in [0.1, 0.15) is 67.3 Å². The molecule has 24 heavy (non-hydrogen) atoms. The van der Waals surface area contributed by atoms with E-state index in [-0.39, 0.29) is 18.0 Å². The van der Waals surface area contributed by atoms with Crippen LogP contribution in [0.4, 0.5) is 0 Å². The lowest BCUT2D eigenvalue weighted by Gasteiger charge is -2.34. The molecule has 7 heteroatoms. The molecule has 0 aromatic carbocycles. The summed E-state index contributed by atoms with van der Waals surface area (Å²) in [7, 11) is 1.62. The Bertz CT molecular complexity index is 691. The minimum atomic E-state index is -0.0800. The first-order chi connectivity index (χ1) is 11.6. The summed E-state index contributed by atoms with van der Waals surface area (Å²) >= 11 is 0. The Morgan fingerprint density at radius 3 is 3.04 bits per heavy atom. The molecular weight excluding hydrogens is 306 g/mol. The van der Waals surface area contributed by atoms with Crippen LogP contribution in [0.2, 0.25) is 0 Å². The van der Waals surface area contributed by atoms with E-state index >= 15 is 0 Å². The van der Waals surface area contributed by atoms with Crippen molar-refractivity contribution in [2.45, 2.75) is 51.8 Å². The van der Waals surface area contributed by atoms with Crippen molar-refractivity contribution >= 4 is 5.91 Å². The molecule has 2 aromatic heterocycles. The summed E-state index contributed by atoms with van der Waals surface area (Å²) in [5.41, 5.74) is 0.726. The molecule has 130 valence electrons. The van der Waals surface area contributed by atoms with Gasteiger partial charge in [0.1, 0.15) is 12.3 Å². The monoisotopic (exact) mass is 331 g/mol. The number of nitrogens with one attached hydrogen (secondary N) is 1. The van der Waals surface area contributed by atoms with Crippen LogP contribution in [-0.2, 0) is 11.3 Å². The molecule has 1 atom stereocenters. The quantitative estimate of drug-likeness (QED) is 0.914. The van der Waals surface area contributed by atoms with Crippen LogP contribution in [0.15, 0.2) is 18.3 Å². The smallest absolute Gasteiger partial charge is 0.271 e. The first kappa shape index (κ1) is 16.7. The van der Waals surface area contributed by atoms with Crippen LogP contribution in [-0.4, -0.2) is 44.2 Å². The molecule has 0 bridgehead atoms. The lowest BCUT2D eigenvalue weighted by atomic mass is 10.0. The second kappa shape index (κ2) is 7.17. The van der Waals surface area contributed by atoms with Crippen molar-refractivity contribution in [2.24, 2.45) is 0 Å². The zero-order valence-electron chi connectivity index (χ0n) is 14.5. The van der Waals surface area contributed by atoms with Gasteiger partial charge in [0.25, 0.3) is 5.91 Å². The van der Waals surface area contributed by atoms with Gasteiger partial charge in [0.05, 0.1) is 6.04 Å². The molecule has 0 spiro atoms. The van der Waals surface area contributed by atoms with Crippen molar-refractivity contribution in [1.82, 2.24) is 24.6 Å². The van der Waals surface area contributed by atoms with E-state index < -0.39 is 0 Å². The van der Waals surface area contributed by atoms with Crippen LogP contribution < -0.4 is 0 Å². The summed E-state index contributed by atoms with van der Waals surface area (Å²) in [5, 5.41) is 7.21. The molecule has 3 heterocycles. The normalized spacial score (nSPS) is 18.3. The summed E-state index contributed by atoms with van der Waals surface area (Å²) in [6.07, 6.45) is 4.94. The van der Waals surface area contributed by atoms with Gasteiger partial charge in [-0.2, -0.15) is 5.10 Å². The molecule has 1 aliphatic heterocycles. The van der Waals surface area contributed by atoms with Gasteiger partial charge >= 0.3 is 0 Å². The number of piperidine rings is 1. The number of nitrogens with zero attached hydrogens (tertiary/aromatic N) is 4. The average Bonchev–Trinajstić information content (AvgIpc) is 3.24. The molecule has 1 N–H and O–H groups in total. The molecule has 0 aliphatic carbocycles. The van der Waals surface area contributed by atoms with Crippen LogP contribution in [0.25, 0.3) is 0 Å². The third kappa shape index (κ3) is 3.21. The highest BCUT2D eigenvalue weighted by atomic mass is 16.5. The number of carbonyl (C=O) groups excluding carboxylic acids is 1. The van der Waals surface area contributed by atoms with Gasteiger partial charge in [-0.25, -0.2) is 4.98 Å². The average molecular weight is 331 g/mol. The second-order valence-electron chi connectivity index (χ2n) is 6.48. The molecule has 7 nitrogen and oxygen atoms in total. The van der Waals surface area contributed by atoms with E-state index in [1.807, 2.05) is 27.8 Å². The molecule has 0 saturated carbocycles. The molecule has 2 aromatic rings. The molecule has 1 unspecified atom stereocenters.